The number of nitrogens with one attached hydrogen (secondary N) is 1. The molecule has 2 aromatic heterocycles. The fraction of sp³-hybridized carbons (Fsp3) is 0.455. The van der Waals surface area contributed by atoms with Crippen LogP contribution in [0.3, 0.4) is 0 Å². The first-order valence-corrected chi connectivity index (χ1v) is 13.9. The van der Waals surface area contributed by atoms with Gasteiger partial charge in [0.2, 0.25) is 10.0 Å². The Morgan fingerprint density at radius 1 is 1.21 bits per heavy atom. The molecule has 1 aliphatic carbocycles. The maximum Gasteiger partial charge on any atom is 0.243 e. The van der Waals surface area contributed by atoms with Gasteiger partial charge in [-0.25, -0.2) is 18.4 Å². The lowest BCUT2D eigenvalue weighted by Gasteiger charge is -2.42. The van der Waals surface area contributed by atoms with E-state index in [1.165, 1.54) is 18.2 Å². The summed E-state index contributed by atoms with van der Waals surface area (Å²) < 4.78 is 29.1. The number of aromatic nitrogens is 2. The summed E-state index contributed by atoms with van der Waals surface area (Å²) in [4.78, 5) is 11.5. The van der Waals surface area contributed by atoms with E-state index in [0.717, 1.165) is 41.0 Å². The standard InChI is InChI=1S/C22H25Cl2N5O2S2/c1-14-11-32-20-19(14)25-13-26-21(20)27-15(2)10-28-7-8-29(12-22(28)5-6-22)33(30,31)16-3-4-17(23)18(24)9-16/h3-4,9,11,13,15H,5-8,10,12H2,1-2H3,(H,25,26,27)/t15-/m0/s1. The zero-order chi connectivity index (χ0) is 23.4. The summed E-state index contributed by atoms with van der Waals surface area (Å²) in [5.41, 5.74) is 2.05. The van der Waals surface area contributed by atoms with Crippen LogP contribution in [0, 0.1) is 6.92 Å². The van der Waals surface area contributed by atoms with Crippen LogP contribution in [0.5, 0.6) is 0 Å². The van der Waals surface area contributed by atoms with Gasteiger partial charge < -0.3 is 5.32 Å². The number of halogens is 2. The van der Waals surface area contributed by atoms with Gasteiger partial charge in [0.25, 0.3) is 0 Å². The van der Waals surface area contributed by atoms with Crippen LogP contribution in [0.4, 0.5) is 5.82 Å². The summed E-state index contributed by atoms with van der Waals surface area (Å²) in [6.45, 7) is 6.63. The molecule has 5 rings (SSSR count). The van der Waals surface area contributed by atoms with Crippen molar-refractivity contribution >= 4 is 60.6 Å². The Kier molecular flexibility index (Phi) is 6.08. The maximum absolute atomic E-state index is 13.2. The molecule has 1 atom stereocenters. The Bertz CT molecular complexity index is 1310. The van der Waals surface area contributed by atoms with Crippen LogP contribution in [0.2, 0.25) is 10.0 Å². The van der Waals surface area contributed by atoms with Crippen molar-refractivity contribution in [2.45, 2.75) is 43.2 Å². The predicted molar refractivity (Wildman–Crippen MR) is 134 cm³/mol. The third-order valence-electron chi connectivity index (χ3n) is 6.53. The van der Waals surface area contributed by atoms with Crippen LogP contribution in [-0.2, 0) is 10.0 Å². The Morgan fingerprint density at radius 3 is 2.73 bits per heavy atom. The van der Waals surface area contributed by atoms with Gasteiger partial charge in [-0.1, -0.05) is 23.2 Å². The van der Waals surface area contributed by atoms with Gasteiger partial charge in [-0.3, -0.25) is 4.90 Å². The van der Waals surface area contributed by atoms with Gasteiger partial charge >= 0.3 is 0 Å². The molecule has 3 heterocycles. The number of benzene rings is 1. The number of anilines is 1. The van der Waals surface area contributed by atoms with Crippen molar-refractivity contribution in [2.75, 3.05) is 31.5 Å². The van der Waals surface area contributed by atoms with E-state index in [-0.39, 0.29) is 21.5 Å². The maximum atomic E-state index is 13.2. The van der Waals surface area contributed by atoms with Crippen molar-refractivity contribution in [3.05, 3.63) is 45.5 Å². The largest absolute Gasteiger partial charge is 0.365 e. The molecule has 33 heavy (non-hydrogen) atoms. The van der Waals surface area contributed by atoms with E-state index < -0.39 is 10.0 Å². The number of hydrogen-bond donors (Lipinski definition) is 1. The molecule has 0 bridgehead atoms. The zero-order valence-corrected chi connectivity index (χ0v) is 21.5. The molecule has 176 valence electrons. The smallest absolute Gasteiger partial charge is 0.243 e. The first kappa shape index (κ1) is 23.3. The van der Waals surface area contributed by atoms with Crippen LogP contribution < -0.4 is 5.32 Å². The minimum Gasteiger partial charge on any atom is -0.365 e. The van der Waals surface area contributed by atoms with E-state index >= 15 is 0 Å². The van der Waals surface area contributed by atoms with Crippen molar-refractivity contribution in [3.63, 3.8) is 0 Å². The Morgan fingerprint density at radius 2 is 2.00 bits per heavy atom. The highest BCUT2D eigenvalue weighted by Gasteiger charge is 2.53. The van der Waals surface area contributed by atoms with E-state index in [4.69, 9.17) is 23.2 Å². The van der Waals surface area contributed by atoms with E-state index in [0.29, 0.717) is 24.7 Å². The van der Waals surface area contributed by atoms with Gasteiger partial charge in [0, 0.05) is 37.8 Å². The molecule has 1 spiro atoms. The Balaban J connectivity index is 1.28. The number of thiophene rings is 1. The lowest BCUT2D eigenvalue weighted by Crippen LogP contribution is -2.58. The SMILES string of the molecule is Cc1csc2c(N[C@@H](C)CN3CCN(S(=O)(=O)c4ccc(Cl)c(Cl)c4)CC34CC4)ncnc12. The second-order valence-electron chi connectivity index (χ2n) is 8.95. The first-order valence-electron chi connectivity index (χ1n) is 10.9. The van der Waals surface area contributed by atoms with Gasteiger partial charge in [0.05, 0.1) is 25.2 Å². The summed E-state index contributed by atoms with van der Waals surface area (Å²) in [7, 11) is -3.62. The topological polar surface area (TPSA) is 78.4 Å². The highest BCUT2D eigenvalue weighted by Crippen LogP contribution is 2.45. The average molecular weight is 527 g/mol. The molecule has 2 aliphatic rings. The number of hydrogen-bond acceptors (Lipinski definition) is 7. The summed E-state index contributed by atoms with van der Waals surface area (Å²) in [6, 6.07) is 4.65. The van der Waals surface area contributed by atoms with Gasteiger partial charge in [-0.15, -0.1) is 11.3 Å². The highest BCUT2D eigenvalue weighted by molar-refractivity contribution is 7.89. The minimum absolute atomic E-state index is 0.0992. The number of fused-ring (bicyclic) bond motifs is 1. The van der Waals surface area contributed by atoms with Gasteiger partial charge in [-0.2, -0.15) is 4.31 Å². The van der Waals surface area contributed by atoms with Crippen LogP contribution in [0.1, 0.15) is 25.3 Å². The van der Waals surface area contributed by atoms with E-state index in [9.17, 15) is 8.42 Å². The van der Waals surface area contributed by atoms with E-state index in [1.807, 2.05) is 0 Å². The molecule has 1 N–H and O–H groups in total. The molecule has 3 aromatic rings. The third-order valence-corrected chi connectivity index (χ3v) is 10.2. The lowest BCUT2D eigenvalue weighted by molar-refractivity contribution is 0.0975. The third kappa shape index (κ3) is 4.35. The minimum atomic E-state index is -3.62. The van der Waals surface area contributed by atoms with Crippen molar-refractivity contribution in [3.8, 4) is 0 Å². The molecular formula is C22H25Cl2N5O2S2. The first-order chi connectivity index (χ1) is 15.7. The average Bonchev–Trinajstić information content (AvgIpc) is 3.45. The molecule has 1 saturated carbocycles. The van der Waals surface area contributed by atoms with Crippen molar-refractivity contribution in [2.24, 2.45) is 0 Å². The second kappa shape index (κ2) is 8.62. The lowest BCUT2D eigenvalue weighted by atomic mass is 10.1. The molecule has 7 nitrogen and oxygen atoms in total. The number of rotatable bonds is 6. The van der Waals surface area contributed by atoms with Crippen molar-refractivity contribution in [1.82, 2.24) is 19.2 Å². The molecule has 1 aliphatic heterocycles. The zero-order valence-electron chi connectivity index (χ0n) is 18.4. The fourth-order valence-electron chi connectivity index (χ4n) is 4.55. The molecule has 0 radical (unpaired) electrons. The molecule has 1 aromatic carbocycles. The second-order valence-corrected chi connectivity index (χ2v) is 12.6. The van der Waals surface area contributed by atoms with E-state index in [1.54, 1.807) is 22.0 Å². The highest BCUT2D eigenvalue weighted by atomic mass is 35.5. The van der Waals surface area contributed by atoms with Gasteiger partial charge in [0.1, 0.15) is 12.1 Å². The molecule has 11 heteroatoms. The summed E-state index contributed by atoms with van der Waals surface area (Å²) >= 11 is 13.7. The monoisotopic (exact) mass is 525 g/mol. The molecule has 2 fully saturated rings. The number of nitrogens with zero attached hydrogens (tertiary/aromatic N) is 4. The molecule has 0 amide bonds. The quantitative estimate of drug-likeness (QED) is 0.504. The molecule has 0 unspecified atom stereocenters. The fourth-order valence-corrected chi connectivity index (χ4v) is 7.41. The van der Waals surface area contributed by atoms with Crippen molar-refractivity contribution < 1.29 is 8.42 Å². The summed E-state index contributed by atoms with van der Waals surface area (Å²) in [5.74, 6) is 0.858. The Hall–Kier alpha value is -1.49. The summed E-state index contributed by atoms with van der Waals surface area (Å²) in [6.07, 6.45) is 3.59. The van der Waals surface area contributed by atoms with E-state index in [2.05, 4.69) is 39.4 Å². The van der Waals surface area contributed by atoms with Crippen LogP contribution in [0.25, 0.3) is 10.2 Å². The van der Waals surface area contributed by atoms with Crippen LogP contribution in [-0.4, -0.2) is 65.4 Å². The molecule has 1 saturated heterocycles. The number of piperazine rings is 1. The summed E-state index contributed by atoms with van der Waals surface area (Å²) in [5, 5.41) is 6.24. The van der Waals surface area contributed by atoms with Gasteiger partial charge in [-0.05, 0) is 55.8 Å². The number of aryl methyl sites for hydroxylation is 1. The van der Waals surface area contributed by atoms with Crippen LogP contribution in [0.15, 0.2) is 34.8 Å². The number of sulfonamides is 1. The predicted octanol–water partition coefficient (Wildman–Crippen LogP) is 4.65. The van der Waals surface area contributed by atoms with Gasteiger partial charge in [0.15, 0.2) is 0 Å². The Labute approximate surface area is 207 Å². The normalized spacial score (nSPS) is 19.8. The molecular weight excluding hydrogens is 501 g/mol. The van der Waals surface area contributed by atoms with Crippen LogP contribution >= 0.6 is 34.5 Å². The van der Waals surface area contributed by atoms with Crippen molar-refractivity contribution in [1.29, 1.82) is 0 Å².